The van der Waals surface area contributed by atoms with Crippen LogP contribution in [0.5, 0.6) is 0 Å². The van der Waals surface area contributed by atoms with Crippen molar-refractivity contribution >= 4 is 38.5 Å². The number of halogens is 2. The highest BCUT2D eigenvalue weighted by Gasteiger charge is 2.01. The molecule has 0 unspecified atom stereocenters. The standard InChI is InChI=1S/C9H10BrI/c1-6-3-8(11)4-7(2)9(6)5-10/h3-4H,5H2,1-2H3. The number of benzene rings is 1. The van der Waals surface area contributed by atoms with E-state index in [0.29, 0.717) is 0 Å². The van der Waals surface area contributed by atoms with Gasteiger partial charge in [0.1, 0.15) is 0 Å². The summed E-state index contributed by atoms with van der Waals surface area (Å²) in [7, 11) is 0. The van der Waals surface area contributed by atoms with Crippen LogP contribution in [0, 0.1) is 17.4 Å². The first kappa shape index (κ1) is 9.52. The van der Waals surface area contributed by atoms with Crippen LogP contribution in [-0.2, 0) is 5.33 Å². The molecule has 0 N–H and O–H groups in total. The predicted molar refractivity (Wildman–Crippen MR) is 61.3 cm³/mol. The number of aryl methyl sites for hydroxylation is 2. The number of hydrogen-bond donors (Lipinski definition) is 0. The minimum atomic E-state index is 0.960. The molecule has 0 amide bonds. The Morgan fingerprint density at radius 2 is 1.73 bits per heavy atom. The molecule has 0 bridgehead atoms. The molecule has 0 spiro atoms. The fraction of sp³-hybridized carbons (Fsp3) is 0.333. The second-order valence-corrected chi connectivity index (χ2v) is 4.46. The summed E-state index contributed by atoms with van der Waals surface area (Å²) in [4.78, 5) is 0. The maximum absolute atomic E-state index is 3.48. The zero-order valence-corrected chi connectivity index (χ0v) is 10.4. The molecule has 60 valence electrons. The molecule has 0 aliphatic rings. The molecule has 0 fully saturated rings. The monoisotopic (exact) mass is 324 g/mol. The van der Waals surface area contributed by atoms with E-state index in [-0.39, 0.29) is 0 Å². The van der Waals surface area contributed by atoms with E-state index in [1.165, 1.54) is 20.3 Å². The number of alkyl halides is 1. The SMILES string of the molecule is Cc1cc(I)cc(C)c1CBr. The molecule has 0 saturated heterocycles. The van der Waals surface area contributed by atoms with Crippen LogP contribution in [0.3, 0.4) is 0 Å². The third kappa shape index (κ3) is 2.18. The minimum Gasteiger partial charge on any atom is -0.0876 e. The van der Waals surface area contributed by atoms with E-state index in [9.17, 15) is 0 Å². The van der Waals surface area contributed by atoms with Gasteiger partial charge in [0.25, 0.3) is 0 Å². The molecular weight excluding hydrogens is 315 g/mol. The lowest BCUT2D eigenvalue weighted by atomic mass is 10.1. The van der Waals surface area contributed by atoms with Crippen LogP contribution in [0.25, 0.3) is 0 Å². The molecule has 1 rings (SSSR count). The van der Waals surface area contributed by atoms with Crippen molar-refractivity contribution in [1.29, 1.82) is 0 Å². The molecule has 0 heterocycles. The molecule has 0 atom stereocenters. The van der Waals surface area contributed by atoms with Crippen molar-refractivity contribution in [2.45, 2.75) is 19.2 Å². The first-order chi connectivity index (χ1) is 5.15. The van der Waals surface area contributed by atoms with E-state index < -0.39 is 0 Å². The third-order valence-electron chi connectivity index (χ3n) is 1.79. The lowest BCUT2D eigenvalue weighted by Gasteiger charge is -2.06. The summed E-state index contributed by atoms with van der Waals surface area (Å²) in [6.07, 6.45) is 0. The Bertz CT molecular complexity index is 245. The summed E-state index contributed by atoms with van der Waals surface area (Å²) >= 11 is 5.83. The Balaban J connectivity index is 3.25. The molecule has 0 aliphatic carbocycles. The summed E-state index contributed by atoms with van der Waals surface area (Å²) in [5.41, 5.74) is 4.18. The van der Waals surface area contributed by atoms with Gasteiger partial charge in [-0.2, -0.15) is 0 Å². The Morgan fingerprint density at radius 3 is 2.09 bits per heavy atom. The van der Waals surface area contributed by atoms with Gasteiger partial charge in [-0.1, -0.05) is 15.9 Å². The van der Waals surface area contributed by atoms with E-state index >= 15 is 0 Å². The van der Waals surface area contributed by atoms with Crippen molar-refractivity contribution in [3.63, 3.8) is 0 Å². The minimum absolute atomic E-state index is 0.960. The lowest BCUT2D eigenvalue weighted by Crippen LogP contribution is -1.90. The molecule has 0 radical (unpaired) electrons. The Hall–Kier alpha value is 0.430. The largest absolute Gasteiger partial charge is 0.0876 e. The third-order valence-corrected chi connectivity index (χ3v) is 2.98. The van der Waals surface area contributed by atoms with Crippen LogP contribution in [0.4, 0.5) is 0 Å². The van der Waals surface area contributed by atoms with Crippen molar-refractivity contribution < 1.29 is 0 Å². The molecule has 0 aliphatic heterocycles. The summed E-state index contributed by atoms with van der Waals surface area (Å²) in [6.45, 7) is 4.32. The molecule has 1 aromatic rings. The van der Waals surface area contributed by atoms with Crippen LogP contribution in [0.15, 0.2) is 12.1 Å². The fourth-order valence-electron chi connectivity index (χ4n) is 1.15. The van der Waals surface area contributed by atoms with E-state index in [4.69, 9.17) is 0 Å². The normalized spacial score (nSPS) is 10.2. The zero-order chi connectivity index (χ0) is 8.43. The first-order valence-corrected chi connectivity index (χ1v) is 5.66. The second kappa shape index (κ2) is 3.90. The number of rotatable bonds is 1. The molecule has 0 saturated carbocycles. The van der Waals surface area contributed by atoms with Gasteiger partial charge in [0, 0.05) is 8.90 Å². The highest BCUT2D eigenvalue weighted by molar-refractivity contribution is 14.1. The summed E-state index contributed by atoms with van der Waals surface area (Å²) in [5, 5.41) is 0.960. The molecule has 0 aromatic heterocycles. The quantitative estimate of drug-likeness (QED) is 0.544. The van der Waals surface area contributed by atoms with Gasteiger partial charge in [-0.3, -0.25) is 0 Å². The van der Waals surface area contributed by atoms with Gasteiger partial charge in [-0.25, -0.2) is 0 Å². The van der Waals surface area contributed by atoms with Gasteiger partial charge in [0.05, 0.1) is 0 Å². The van der Waals surface area contributed by atoms with E-state index in [1.807, 2.05) is 0 Å². The van der Waals surface area contributed by atoms with Gasteiger partial charge in [0.15, 0.2) is 0 Å². The molecule has 1 aromatic carbocycles. The Labute approximate surface area is 89.7 Å². The molecule has 0 nitrogen and oxygen atoms in total. The summed E-state index contributed by atoms with van der Waals surface area (Å²) in [5.74, 6) is 0. The van der Waals surface area contributed by atoms with Crippen LogP contribution >= 0.6 is 38.5 Å². The van der Waals surface area contributed by atoms with Crippen LogP contribution in [0.1, 0.15) is 16.7 Å². The number of hydrogen-bond acceptors (Lipinski definition) is 0. The summed E-state index contributed by atoms with van der Waals surface area (Å²) < 4.78 is 1.32. The maximum Gasteiger partial charge on any atom is 0.0288 e. The maximum atomic E-state index is 3.48. The van der Waals surface area contributed by atoms with Gasteiger partial charge < -0.3 is 0 Å². The van der Waals surface area contributed by atoms with Crippen LogP contribution in [0.2, 0.25) is 0 Å². The average Bonchev–Trinajstić information content (AvgIpc) is 1.85. The predicted octanol–water partition coefficient (Wildman–Crippen LogP) is 3.80. The van der Waals surface area contributed by atoms with Crippen LogP contribution in [-0.4, -0.2) is 0 Å². The highest BCUT2D eigenvalue weighted by Crippen LogP contribution is 2.19. The Morgan fingerprint density at radius 1 is 1.27 bits per heavy atom. The van der Waals surface area contributed by atoms with E-state index in [1.54, 1.807) is 0 Å². The smallest absolute Gasteiger partial charge is 0.0288 e. The molecule has 11 heavy (non-hydrogen) atoms. The fourth-order valence-corrected chi connectivity index (χ4v) is 2.97. The zero-order valence-electron chi connectivity index (χ0n) is 6.62. The van der Waals surface area contributed by atoms with Crippen molar-refractivity contribution in [2.75, 3.05) is 0 Å². The molecular formula is C9H10BrI. The highest BCUT2D eigenvalue weighted by atomic mass is 127. The van der Waals surface area contributed by atoms with Crippen molar-refractivity contribution in [2.24, 2.45) is 0 Å². The topological polar surface area (TPSA) is 0 Å². The summed E-state index contributed by atoms with van der Waals surface area (Å²) in [6, 6.07) is 4.42. The molecule has 2 heteroatoms. The van der Waals surface area contributed by atoms with E-state index in [0.717, 1.165) is 5.33 Å². The van der Waals surface area contributed by atoms with E-state index in [2.05, 4.69) is 64.5 Å². The van der Waals surface area contributed by atoms with Crippen molar-refractivity contribution in [3.05, 3.63) is 32.4 Å². The van der Waals surface area contributed by atoms with Gasteiger partial charge in [-0.05, 0) is 65.3 Å². The van der Waals surface area contributed by atoms with Gasteiger partial charge in [-0.15, -0.1) is 0 Å². The van der Waals surface area contributed by atoms with Crippen LogP contribution < -0.4 is 0 Å². The average molecular weight is 325 g/mol. The van der Waals surface area contributed by atoms with Crippen molar-refractivity contribution in [3.8, 4) is 0 Å². The first-order valence-electron chi connectivity index (χ1n) is 3.46. The Kier molecular flexibility index (Phi) is 3.37. The second-order valence-electron chi connectivity index (χ2n) is 2.65. The van der Waals surface area contributed by atoms with Crippen molar-refractivity contribution in [1.82, 2.24) is 0 Å². The lowest BCUT2D eigenvalue weighted by molar-refractivity contribution is 1.24. The van der Waals surface area contributed by atoms with Gasteiger partial charge >= 0.3 is 0 Å². The van der Waals surface area contributed by atoms with Gasteiger partial charge in [0.2, 0.25) is 0 Å².